The molecule has 112 valence electrons. The maximum atomic E-state index is 13.6. The highest BCUT2D eigenvalue weighted by molar-refractivity contribution is 5.37. The second kappa shape index (κ2) is 6.86. The van der Waals surface area contributed by atoms with E-state index < -0.39 is 0 Å². The Balaban J connectivity index is 2.38. The fraction of sp³-hybridized carbons (Fsp3) is 0.368. The molecule has 0 radical (unpaired) electrons. The maximum Gasteiger partial charge on any atom is 0.123 e. The summed E-state index contributed by atoms with van der Waals surface area (Å²) >= 11 is 0. The molecule has 2 rings (SSSR count). The van der Waals surface area contributed by atoms with E-state index in [9.17, 15) is 4.39 Å². The van der Waals surface area contributed by atoms with Crippen LogP contribution in [0.3, 0.4) is 0 Å². The van der Waals surface area contributed by atoms with Gasteiger partial charge in [0.25, 0.3) is 0 Å². The van der Waals surface area contributed by atoms with Gasteiger partial charge >= 0.3 is 0 Å². The first-order chi connectivity index (χ1) is 10.0. The first kappa shape index (κ1) is 15.7. The standard InChI is InChI=1S/C19H24FN/c1-5-21-19(18-11-16(20)10-9-15(18)4)12-17-13(2)7-6-8-14(17)3/h6-11,19,21H,5,12H2,1-4H3. The molecule has 0 aliphatic carbocycles. The van der Waals surface area contributed by atoms with Gasteiger partial charge in [-0.15, -0.1) is 0 Å². The van der Waals surface area contributed by atoms with E-state index in [0.29, 0.717) is 0 Å². The van der Waals surface area contributed by atoms with Crippen LogP contribution >= 0.6 is 0 Å². The van der Waals surface area contributed by atoms with Crippen molar-refractivity contribution in [3.63, 3.8) is 0 Å². The van der Waals surface area contributed by atoms with Gasteiger partial charge in [0.2, 0.25) is 0 Å². The quantitative estimate of drug-likeness (QED) is 0.843. The highest BCUT2D eigenvalue weighted by atomic mass is 19.1. The van der Waals surface area contributed by atoms with Crippen molar-refractivity contribution in [2.75, 3.05) is 6.54 Å². The molecular formula is C19H24FN. The van der Waals surface area contributed by atoms with Crippen LogP contribution < -0.4 is 5.32 Å². The Bertz CT molecular complexity index is 599. The predicted molar refractivity (Wildman–Crippen MR) is 87.2 cm³/mol. The van der Waals surface area contributed by atoms with Gasteiger partial charge in [-0.05, 0) is 73.7 Å². The molecule has 2 aromatic rings. The van der Waals surface area contributed by atoms with Gasteiger partial charge in [-0.25, -0.2) is 4.39 Å². The van der Waals surface area contributed by atoms with Crippen LogP contribution in [0.15, 0.2) is 36.4 Å². The zero-order valence-electron chi connectivity index (χ0n) is 13.3. The van der Waals surface area contributed by atoms with Crippen molar-refractivity contribution in [3.8, 4) is 0 Å². The molecule has 0 fully saturated rings. The molecule has 1 N–H and O–H groups in total. The molecule has 0 aromatic heterocycles. The first-order valence-electron chi connectivity index (χ1n) is 7.57. The summed E-state index contributed by atoms with van der Waals surface area (Å²) in [6, 6.07) is 11.6. The minimum absolute atomic E-state index is 0.144. The van der Waals surface area contributed by atoms with Gasteiger partial charge in [0.05, 0.1) is 0 Å². The lowest BCUT2D eigenvalue weighted by Crippen LogP contribution is -2.24. The van der Waals surface area contributed by atoms with E-state index in [-0.39, 0.29) is 11.9 Å². The monoisotopic (exact) mass is 285 g/mol. The summed E-state index contributed by atoms with van der Waals surface area (Å²) in [5, 5.41) is 3.50. The number of nitrogens with one attached hydrogen (secondary N) is 1. The van der Waals surface area contributed by atoms with Crippen molar-refractivity contribution in [2.45, 2.75) is 40.2 Å². The molecule has 0 amide bonds. The summed E-state index contributed by atoms with van der Waals surface area (Å²) in [6.07, 6.45) is 0.886. The molecule has 1 nitrogen and oxygen atoms in total. The molecule has 21 heavy (non-hydrogen) atoms. The van der Waals surface area contributed by atoms with Crippen LogP contribution in [-0.2, 0) is 6.42 Å². The van der Waals surface area contributed by atoms with Gasteiger partial charge in [0, 0.05) is 6.04 Å². The molecule has 2 aromatic carbocycles. The van der Waals surface area contributed by atoms with Crippen LogP contribution in [0.5, 0.6) is 0 Å². The number of benzene rings is 2. The van der Waals surface area contributed by atoms with Crippen LogP contribution in [0.25, 0.3) is 0 Å². The number of likely N-dealkylation sites (N-methyl/N-ethyl adjacent to an activating group) is 1. The lowest BCUT2D eigenvalue weighted by Gasteiger charge is -2.22. The zero-order valence-corrected chi connectivity index (χ0v) is 13.3. The summed E-state index contributed by atoms with van der Waals surface area (Å²) in [4.78, 5) is 0. The molecular weight excluding hydrogens is 261 g/mol. The predicted octanol–water partition coefficient (Wildman–Crippen LogP) is 4.64. The van der Waals surface area contributed by atoms with Crippen LogP contribution in [0, 0.1) is 26.6 Å². The van der Waals surface area contributed by atoms with Crippen molar-refractivity contribution in [2.24, 2.45) is 0 Å². The number of rotatable bonds is 5. The minimum atomic E-state index is -0.167. The van der Waals surface area contributed by atoms with Crippen molar-refractivity contribution in [1.29, 1.82) is 0 Å². The number of halogens is 1. The van der Waals surface area contributed by atoms with Gasteiger partial charge in [-0.2, -0.15) is 0 Å². The maximum absolute atomic E-state index is 13.6. The lowest BCUT2D eigenvalue weighted by molar-refractivity contribution is 0.538. The highest BCUT2D eigenvalue weighted by Crippen LogP contribution is 2.25. The molecule has 0 saturated heterocycles. The fourth-order valence-corrected chi connectivity index (χ4v) is 2.90. The van der Waals surface area contributed by atoms with Crippen LogP contribution in [0.1, 0.15) is 40.8 Å². The molecule has 0 aliphatic rings. The molecule has 0 heterocycles. The summed E-state index contributed by atoms with van der Waals surface area (Å²) in [6.45, 7) is 9.29. The Morgan fingerprint density at radius 1 is 1.00 bits per heavy atom. The van der Waals surface area contributed by atoms with Crippen LogP contribution in [-0.4, -0.2) is 6.54 Å². The molecule has 1 atom stereocenters. The highest BCUT2D eigenvalue weighted by Gasteiger charge is 2.16. The van der Waals surface area contributed by atoms with Gasteiger partial charge in [0.1, 0.15) is 5.82 Å². The Kier molecular flexibility index (Phi) is 5.13. The normalized spacial score (nSPS) is 12.4. The summed E-state index contributed by atoms with van der Waals surface area (Å²) < 4.78 is 13.6. The second-order valence-corrected chi connectivity index (χ2v) is 5.69. The summed E-state index contributed by atoms with van der Waals surface area (Å²) in [7, 11) is 0. The second-order valence-electron chi connectivity index (χ2n) is 5.69. The zero-order chi connectivity index (χ0) is 15.4. The number of aryl methyl sites for hydroxylation is 3. The van der Waals surface area contributed by atoms with E-state index in [2.05, 4.69) is 44.3 Å². The minimum Gasteiger partial charge on any atom is -0.310 e. The van der Waals surface area contributed by atoms with Crippen LogP contribution in [0.4, 0.5) is 4.39 Å². The van der Waals surface area contributed by atoms with Crippen molar-refractivity contribution in [1.82, 2.24) is 5.32 Å². The van der Waals surface area contributed by atoms with E-state index >= 15 is 0 Å². The smallest absolute Gasteiger partial charge is 0.123 e. The third-order valence-corrected chi connectivity index (χ3v) is 4.12. The van der Waals surface area contributed by atoms with Gasteiger partial charge in [-0.3, -0.25) is 0 Å². The van der Waals surface area contributed by atoms with E-state index in [1.165, 1.54) is 22.8 Å². The average Bonchev–Trinajstić information content (AvgIpc) is 2.44. The van der Waals surface area contributed by atoms with E-state index in [4.69, 9.17) is 0 Å². The molecule has 0 saturated carbocycles. The Morgan fingerprint density at radius 3 is 2.29 bits per heavy atom. The summed E-state index contributed by atoms with van der Waals surface area (Å²) in [5.41, 5.74) is 6.14. The Morgan fingerprint density at radius 2 is 1.67 bits per heavy atom. The summed E-state index contributed by atoms with van der Waals surface area (Å²) in [5.74, 6) is -0.167. The van der Waals surface area contributed by atoms with Gasteiger partial charge < -0.3 is 5.32 Å². The Hall–Kier alpha value is -1.67. The van der Waals surface area contributed by atoms with Crippen molar-refractivity contribution < 1.29 is 4.39 Å². The first-order valence-corrected chi connectivity index (χ1v) is 7.57. The van der Waals surface area contributed by atoms with Gasteiger partial charge in [0.15, 0.2) is 0 Å². The van der Waals surface area contributed by atoms with Crippen molar-refractivity contribution in [3.05, 3.63) is 70.0 Å². The molecule has 0 aliphatic heterocycles. The molecule has 2 heteroatoms. The average molecular weight is 285 g/mol. The van der Waals surface area contributed by atoms with E-state index in [1.807, 2.05) is 13.0 Å². The number of hydrogen-bond acceptors (Lipinski definition) is 1. The topological polar surface area (TPSA) is 12.0 Å². The largest absolute Gasteiger partial charge is 0.310 e. The molecule has 0 bridgehead atoms. The van der Waals surface area contributed by atoms with E-state index in [1.54, 1.807) is 6.07 Å². The van der Waals surface area contributed by atoms with Crippen LogP contribution in [0.2, 0.25) is 0 Å². The molecule has 0 spiro atoms. The lowest BCUT2D eigenvalue weighted by atomic mass is 9.91. The van der Waals surface area contributed by atoms with Gasteiger partial charge in [-0.1, -0.05) is 31.2 Å². The van der Waals surface area contributed by atoms with Crippen molar-refractivity contribution >= 4 is 0 Å². The van der Waals surface area contributed by atoms with E-state index in [0.717, 1.165) is 24.1 Å². The SMILES string of the molecule is CCNC(Cc1c(C)cccc1C)c1cc(F)ccc1C. The molecule has 1 unspecified atom stereocenters. The third kappa shape index (κ3) is 3.70. The Labute approximate surface area is 127 Å². The number of hydrogen-bond donors (Lipinski definition) is 1. The third-order valence-electron chi connectivity index (χ3n) is 4.12. The fourth-order valence-electron chi connectivity index (χ4n) is 2.90.